The molecule has 0 bridgehead atoms. The third kappa shape index (κ3) is 4.85. The third-order valence-electron chi connectivity index (χ3n) is 3.47. The van der Waals surface area contributed by atoms with Crippen molar-refractivity contribution in [3.05, 3.63) is 29.8 Å². The SMILES string of the molecule is CCN(CC)C(=O)CN(CCCN)c1ccc(C)cc1. The second-order valence-electron chi connectivity index (χ2n) is 4.97. The zero-order valence-electron chi connectivity index (χ0n) is 12.9. The summed E-state index contributed by atoms with van der Waals surface area (Å²) in [5, 5.41) is 0. The number of aryl methyl sites for hydroxylation is 1. The van der Waals surface area contributed by atoms with Crippen molar-refractivity contribution in [2.45, 2.75) is 27.2 Å². The molecule has 0 saturated carbocycles. The first-order valence-electron chi connectivity index (χ1n) is 7.41. The molecule has 1 aromatic rings. The summed E-state index contributed by atoms with van der Waals surface area (Å²) in [5.41, 5.74) is 7.91. The summed E-state index contributed by atoms with van der Waals surface area (Å²) in [6, 6.07) is 8.29. The normalized spacial score (nSPS) is 10.4. The molecule has 0 atom stereocenters. The molecule has 0 unspecified atom stereocenters. The van der Waals surface area contributed by atoms with Crippen molar-refractivity contribution in [1.29, 1.82) is 0 Å². The Morgan fingerprint density at radius 2 is 1.75 bits per heavy atom. The maximum absolute atomic E-state index is 12.3. The van der Waals surface area contributed by atoms with Gasteiger partial charge in [-0.3, -0.25) is 4.79 Å². The molecule has 0 saturated heterocycles. The highest BCUT2D eigenvalue weighted by atomic mass is 16.2. The van der Waals surface area contributed by atoms with Crippen LogP contribution in [0.4, 0.5) is 5.69 Å². The fraction of sp³-hybridized carbons (Fsp3) is 0.562. The lowest BCUT2D eigenvalue weighted by Crippen LogP contribution is -2.41. The first-order valence-corrected chi connectivity index (χ1v) is 7.41. The third-order valence-corrected chi connectivity index (χ3v) is 3.47. The van der Waals surface area contributed by atoms with Crippen molar-refractivity contribution in [2.24, 2.45) is 5.73 Å². The molecule has 4 nitrogen and oxygen atoms in total. The van der Waals surface area contributed by atoms with Crippen LogP contribution in [0.2, 0.25) is 0 Å². The van der Waals surface area contributed by atoms with Crippen LogP contribution in [-0.4, -0.2) is 43.5 Å². The molecule has 0 fully saturated rings. The van der Waals surface area contributed by atoms with Gasteiger partial charge in [-0.15, -0.1) is 0 Å². The average Bonchev–Trinajstić information content (AvgIpc) is 2.45. The average molecular weight is 277 g/mol. The van der Waals surface area contributed by atoms with Crippen molar-refractivity contribution in [1.82, 2.24) is 4.90 Å². The number of rotatable bonds is 8. The van der Waals surface area contributed by atoms with Gasteiger partial charge in [-0.1, -0.05) is 17.7 Å². The van der Waals surface area contributed by atoms with Crippen LogP contribution in [0.5, 0.6) is 0 Å². The Bertz CT molecular complexity index is 399. The molecule has 0 radical (unpaired) electrons. The van der Waals surface area contributed by atoms with Gasteiger partial charge in [-0.2, -0.15) is 0 Å². The molecule has 0 aromatic heterocycles. The predicted octanol–water partition coefficient (Wildman–Crippen LogP) is 2.02. The van der Waals surface area contributed by atoms with Crippen molar-refractivity contribution in [3.63, 3.8) is 0 Å². The first-order chi connectivity index (χ1) is 9.62. The second kappa shape index (κ2) is 8.59. The van der Waals surface area contributed by atoms with Gasteiger partial charge < -0.3 is 15.5 Å². The lowest BCUT2D eigenvalue weighted by molar-refractivity contribution is -0.129. The molecular formula is C16H27N3O. The predicted molar refractivity (Wildman–Crippen MR) is 85.0 cm³/mol. The number of hydrogen-bond donors (Lipinski definition) is 1. The van der Waals surface area contributed by atoms with E-state index in [0.29, 0.717) is 13.1 Å². The Morgan fingerprint density at radius 3 is 2.25 bits per heavy atom. The first kappa shape index (κ1) is 16.5. The number of likely N-dealkylation sites (N-methyl/N-ethyl adjacent to an activating group) is 1. The molecule has 1 aromatic carbocycles. The summed E-state index contributed by atoms with van der Waals surface area (Å²) in [6.45, 7) is 9.48. The molecule has 0 aliphatic heterocycles. The maximum Gasteiger partial charge on any atom is 0.242 e. The Labute approximate surface area is 122 Å². The van der Waals surface area contributed by atoms with Crippen LogP contribution < -0.4 is 10.6 Å². The van der Waals surface area contributed by atoms with E-state index >= 15 is 0 Å². The molecule has 0 heterocycles. The molecule has 0 aliphatic rings. The van der Waals surface area contributed by atoms with Crippen molar-refractivity contribution < 1.29 is 4.79 Å². The zero-order chi connectivity index (χ0) is 15.0. The lowest BCUT2D eigenvalue weighted by Gasteiger charge is -2.27. The molecule has 2 N–H and O–H groups in total. The van der Waals surface area contributed by atoms with Crippen LogP contribution in [0.1, 0.15) is 25.8 Å². The van der Waals surface area contributed by atoms with Crippen LogP contribution in [0.15, 0.2) is 24.3 Å². The molecule has 0 aliphatic carbocycles. The number of hydrogen-bond acceptors (Lipinski definition) is 3. The van der Waals surface area contributed by atoms with Gasteiger partial charge in [0.2, 0.25) is 5.91 Å². The number of benzene rings is 1. The Morgan fingerprint density at radius 1 is 1.15 bits per heavy atom. The largest absolute Gasteiger partial charge is 0.362 e. The van der Waals surface area contributed by atoms with Gasteiger partial charge in [0.25, 0.3) is 0 Å². The number of nitrogens with zero attached hydrogens (tertiary/aromatic N) is 2. The minimum Gasteiger partial charge on any atom is -0.362 e. The van der Waals surface area contributed by atoms with E-state index in [0.717, 1.165) is 31.7 Å². The summed E-state index contributed by atoms with van der Waals surface area (Å²) < 4.78 is 0. The van der Waals surface area contributed by atoms with Gasteiger partial charge in [0, 0.05) is 25.3 Å². The van der Waals surface area contributed by atoms with Crippen molar-refractivity contribution in [2.75, 3.05) is 37.6 Å². The van der Waals surface area contributed by atoms with Crippen LogP contribution in [0.25, 0.3) is 0 Å². The topological polar surface area (TPSA) is 49.6 Å². The minimum absolute atomic E-state index is 0.174. The number of carbonyl (C=O) groups excluding carboxylic acids is 1. The molecule has 1 amide bonds. The second-order valence-corrected chi connectivity index (χ2v) is 4.97. The summed E-state index contributed by atoms with van der Waals surface area (Å²) in [7, 11) is 0. The fourth-order valence-electron chi connectivity index (χ4n) is 2.18. The highest BCUT2D eigenvalue weighted by Gasteiger charge is 2.15. The van der Waals surface area contributed by atoms with Gasteiger partial charge in [-0.05, 0) is 45.9 Å². The zero-order valence-corrected chi connectivity index (χ0v) is 12.9. The van der Waals surface area contributed by atoms with E-state index in [2.05, 4.69) is 36.1 Å². The number of amides is 1. The van der Waals surface area contributed by atoms with Gasteiger partial charge >= 0.3 is 0 Å². The molecule has 0 spiro atoms. The summed E-state index contributed by atoms with van der Waals surface area (Å²) >= 11 is 0. The van der Waals surface area contributed by atoms with E-state index in [1.165, 1.54) is 5.56 Å². The van der Waals surface area contributed by atoms with Crippen molar-refractivity contribution >= 4 is 11.6 Å². The van der Waals surface area contributed by atoms with Gasteiger partial charge in [0.15, 0.2) is 0 Å². The Balaban J connectivity index is 2.78. The van der Waals surface area contributed by atoms with E-state index in [1.807, 2.05) is 18.7 Å². The van der Waals surface area contributed by atoms with Crippen LogP contribution in [0.3, 0.4) is 0 Å². The van der Waals surface area contributed by atoms with Crippen LogP contribution in [0, 0.1) is 6.92 Å². The smallest absolute Gasteiger partial charge is 0.242 e. The van der Waals surface area contributed by atoms with Gasteiger partial charge in [0.05, 0.1) is 6.54 Å². The van der Waals surface area contributed by atoms with E-state index in [4.69, 9.17) is 5.73 Å². The summed E-state index contributed by atoms with van der Waals surface area (Å²) in [4.78, 5) is 16.3. The molecule has 1 rings (SSSR count). The highest BCUT2D eigenvalue weighted by molar-refractivity contribution is 5.81. The molecule has 112 valence electrons. The summed E-state index contributed by atoms with van der Waals surface area (Å²) in [5.74, 6) is 0.174. The van der Waals surface area contributed by atoms with Crippen molar-refractivity contribution in [3.8, 4) is 0 Å². The van der Waals surface area contributed by atoms with E-state index < -0.39 is 0 Å². The lowest BCUT2D eigenvalue weighted by atomic mass is 10.2. The minimum atomic E-state index is 0.174. The van der Waals surface area contributed by atoms with E-state index in [-0.39, 0.29) is 5.91 Å². The van der Waals surface area contributed by atoms with Gasteiger partial charge in [0.1, 0.15) is 0 Å². The quantitative estimate of drug-likeness (QED) is 0.791. The maximum atomic E-state index is 12.3. The Kier molecular flexibility index (Phi) is 7.09. The molecule has 4 heteroatoms. The molecular weight excluding hydrogens is 250 g/mol. The monoisotopic (exact) mass is 277 g/mol. The van der Waals surface area contributed by atoms with E-state index in [9.17, 15) is 4.79 Å². The Hall–Kier alpha value is -1.55. The van der Waals surface area contributed by atoms with Crippen LogP contribution >= 0.6 is 0 Å². The summed E-state index contributed by atoms with van der Waals surface area (Å²) in [6.07, 6.45) is 0.888. The van der Waals surface area contributed by atoms with Crippen LogP contribution in [-0.2, 0) is 4.79 Å². The van der Waals surface area contributed by atoms with E-state index in [1.54, 1.807) is 0 Å². The highest BCUT2D eigenvalue weighted by Crippen LogP contribution is 2.15. The number of carbonyl (C=O) groups is 1. The number of anilines is 1. The standard InChI is InChI=1S/C16H27N3O/c1-4-18(5-2)16(20)13-19(12-6-11-17)15-9-7-14(3)8-10-15/h7-10H,4-6,11-13,17H2,1-3H3. The number of nitrogens with two attached hydrogens (primary N) is 1. The fourth-order valence-corrected chi connectivity index (χ4v) is 2.18. The van der Waals surface area contributed by atoms with Gasteiger partial charge in [-0.25, -0.2) is 0 Å². The molecule has 20 heavy (non-hydrogen) atoms.